The number of fused-ring (bicyclic) bond motifs is 1. The van der Waals surface area contributed by atoms with Crippen LogP contribution in [0.25, 0.3) is 10.1 Å². The highest BCUT2D eigenvalue weighted by Gasteiger charge is 2.14. The van der Waals surface area contributed by atoms with Crippen LogP contribution < -0.4 is 0 Å². The van der Waals surface area contributed by atoms with Gasteiger partial charge in [-0.2, -0.15) is 0 Å². The van der Waals surface area contributed by atoms with Crippen molar-refractivity contribution in [2.75, 3.05) is 0 Å². The van der Waals surface area contributed by atoms with Crippen molar-refractivity contribution >= 4 is 32.8 Å². The highest BCUT2D eigenvalue weighted by atomic mass is 32.1. The molecule has 18 heavy (non-hydrogen) atoms. The van der Waals surface area contributed by atoms with Gasteiger partial charge in [-0.05, 0) is 29.3 Å². The Morgan fingerprint density at radius 3 is 2.83 bits per heavy atom. The molecule has 2 nitrogen and oxygen atoms in total. The van der Waals surface area contributed by atoms with E-state index in [1.54, 1.807) is 22.7 Å². The molecule has 0 aliphatic carbocycles. The van der Waals surface area contributed by atoms with Crippen LogP contribution in [0.15, 0.2) is 35.0 Å². The van der Waals surface area contributed by atoms with Crippen molar-refractivity contribution in [2.24, 2.45) is 0 Å². The fourth-order valence-corrected chi connectivity index (χ4v) is 3.70. The standard InChI is InChI=1S/C14H13NOS2/c1-9-15-10(7-17-9)6-13(16)12-8-18-14-5-3-2-4-11(12)14/h2-5,7-8,13,16H,6H2,1H3. The van der Waals surface area contributed by atoms with Gasteiger partial charge in [-0.1, -0.05) is 18.2 Å². The molecule has 0 saturated carbocycles. The number of nitrogens with zero attached hydrogens (tertiary/aromatic N) is 1. The number of hydrogen-bond acceptors (Lipinski definition) is 4. The van der Waals surface area contributed by atoms with E-state index in [0.717, 1.165) is 21.7 Å². The molecule has 2 heterocycles. The van der Waals surface area contributed by atoms with Gasteiger partial charge < -0.3 is 5.11 Å². The number of hydrogen-bond donors (Lipinski definition) is 1. The van der Waals surface area contributed by atoms with E-state index in [-0.39, 0.29) is 0 Å². The predicted molar refractivity (Wildman–Crippen MR) is 77.3 cm³/mol. The highest BCUT2D eigenvalue weighted by molar-refractivity contribution is 7.17. The fraction of sp³-hybridized carbons (Fsp3) is 0.214. The summed E-state index contributed by atoms with van der Waals surface area (Å²) in [4.78, 5) is 4.40. The number of rotatable bonds is 3. The molecule has 0 bridgehead atoms. The van der Waals surface area contributed by atoms with Crippen molar-refractivity contribution in [1.82, 2.24) is 4.98 Å². The first kappa shape index (κ1) is 11.8. The molecule has 0 aliphatic rings. The van der Waals surface area contributed by atoms with E-state index in [1.807, 2.05) is 24.4 Å². The van der Waals surface area contributed by atoms with Crippen molar-refractivity contribution < 1.29 is 5.11 Å². The van der Waals surface area contributed by atoms with Gasteiger partial charge >= 0.3 is 0 Å². The minimum absolute atomic E-state index is 0.470. The molecule has 0 amide bonds. The molecule has 1 N–H and O–H groups in total. The summed E-state index contributed by atoms with van der Waals surface area (Å²) in [6.45, 7) is 1.99. The van der Waals surface area contributed by atoms with Crippen LogP contribution in [0.3, 0.4) is 0 Å². The molecule has 3 rings (SSSR count). The normalized spacial score (nSPS) is 13.0. The van der Waals surface area contributed by atoms with E-state index in [9.17, 15) is 5.11 Å². The zero-order chi connectivity index (χ0) is 12.5. The summed E-state index contributed by atoms with van der Waals surface area (Å²) in [7, 11) is 0. The molecule has 0 aliphatic heterocycles. The first-order valence-electron chi connectivity index (χ1n) is 5.79. The molecule has 1 aromatic carbocycles. The van der Waals surface area contributed by atoms with Crippen LogP contribution in [-0.4, -0.2) is 10.1 Å². The molecular weight excluding hydrogens is 262 g/mol. The van der Waals surface area contributed by atoms with Crippen LogP contribution in [0, 0.1) is 6.92 Å². The van der Waals surface area contributed by atoms with E-state index in [1.165, 1.54) is 4.70 Å². The minimum Gasteiger partial charge on any atom is -0.388 e. The smallest absolute Gasteiger partial charge is 0.0897 e. The van der Waals surface area contributed by atoms with E-state index < -0.39 is 6.10 Å². The van der Waals surface area contributed by atoms with Gasteiger partial charge in [-0.25, -0.2) is 4.98 Å². The van der Waals surface area contributed by atoms with Gasteiger partial charge in [0.05, 0.1) is 16.8 Å². The Kier molecular flexibility index (Phi) is 3.16. The lowest BCUT2D eigenvalue weighted by atomic mass is 10.0. The number of benzene rings is 1. The molecule has 4 heteroatoms. The largest absolute Gasteiger partial charge is 0.388 e. The Labute approximate surface area is 114 Å². The third kappa shape index (κ3) is 2.19. The van der Waals surface area contributed by atoms with Crippen molar-refractivity contribution in [3.63, 3.8) is 0 Å². The molecule has 1 unspecified atom stereocenters. The molecule has 0 radical (unpaired) electrons. The highest BCUT2D eigenvalue weighted by Crippen LogP contribution is 2.31. The first-order valence-corrected chi connectivity index (χ1v) is 7.55. The molecule has 1 atom stereocenters. The summed E-state index contributed by atoms with van der Waals surface area (Å²) in [5.74, 6) is 0. The number of aliphatic hydroxyl groups is 1. The van der Waals surface area contributed by atoms with Crippen LogP contribution in [0.4, 0.5) is 0 Å². The maximum absolute atomic E-state index is 10.3. The lowest BCUT2D eigenvalue weighted by Crippen LogP contribution is -2.01. The van der Waals surface area contributed by atoms with Gasteiger partial charge in [0.2, 0.25) is 0 Å². The topological polar surface area (TPSA) is 33.1 Å². The van der Waals surface area contributed by atoms with Crippen molar-refractivity contribution in [3.05, 3.63) is 51.3 Å². The summed E-state index contributed by atoms with van der Waals surface area (Å²) in [6.07, 6.45) is 0.119. The average Bonchev–Trinajstić information content (AvgIpc) is 2.95. The Balaban J connectivity index is 1.90. The Bertz CT molecular complexity index is 671. The first-order chi connectivity index (χ1) is 8.74. The summed E-state index contributed by atoms with van der Waals surface area (Å²) in [5, 5.41) is 16.6. The van der Waals surface area contributed by atoms with Gasteiger partial charge in [0.15, 0.2) is 0 Å². The summed E-state index contributed by atoms with van der Waals surface area (Å²) >= 11 is 3.31. The Morgan fingerprint density at radius 2 is 2.06 bits per heavy atom. The molecule has 0 fully saturated rings. The second-order valence-electron chi connectivity index (χ2n) is 4.26. The maximum Gasteiger partial charge on any atom is 0.0897 e. The second kappa shape index (κ2) is 4.80. The number of thiazole rings is 1. The fourth-order valence-electron chi connectivity index (χ4n) is 2.07. The van der Waals surface area contributed by atoms with E-state index in [4.69, 9.17) is 0 Å². The third-order valence-corrected chi connectivity index (χ3v) is 4.74. The minimum atomic E-state index is -0.470. The molecular formula is C14H13NOS2. The number of thiophene rings is 1. The van der Waals surface area contributed by atoms with Crippen LogP contribution in [0.5, 0.6) is 0 Å². The quantitative estimate of drug-likeness (QED) is 0.785. The van der Waals surface area contributed by atoms with Gasteiger partial charge in [0, 0.05) is 16.5 Å². The molecule has 3 aromatic rings. The second-order valence-corrected chi connectivity index (χ2v) is 6.24. The van der Waals surface area contributed by atoms with Crippen LogP contribution >= 0.6 is 22.7 Å². The number of aliphatic hydroxyl groups excluding tert-OH is 1. The Morgan fingerprint density at radius 1 is 1.22 bits per heavy atom. The Hall–Kier alpha value is -1.23. The van der Waals surface area contributed by atoms with Gasteiger partial charge in [0.25, 0.3) is 0 Å². The molecule has 0 spiro atoms. The number of aryl methyl sites for hydroxylation is 1. The van der Waals surface area contributed by atoms with Crippen LogP contribution in [0.2, 0.25) is 0 Å². The van der Waals surface area contributed by atoms with Gasteiger partial charge in [-0.15, -0.1) is 22.7 Å². The van der Waals surface area contributed by atoms with E-state index >= 15 is 0 Å². The van der Waals surface area contributed by atoms with Crippen LogP contribution in [-0.2, 0) is 6.42 Å². The lowest BCUT2D eigenvalue weighted by Gasteiger charge is -2.07. The average molecular weight is 275 g/mol. The summed E-state index contributed by atoms with van der Waals surface area (Å²) < 4.78 is 1.22. The van der Waals surface area contributed by atoms with E-state index in [2.05, 4.69) is 22.5 Å². The lowest BCUT2D eigenvalue weighted by molar-refractivity contribution is 0.179. The zero-order valence-corrected chi connectivity index (χ0v) is 11.6. The van der Waals surface area contributed by atoms with Gasteiger partial charge in [0.1, 0.15) is 0 Å². The predicted octanol–water partition coefficient (Wildman–Crippen LogP) is 3.94. The van der Waals surface area contributed by atoms with Crippen molar-refractivity contribution in [3.8, 4) is 0 Å². The maximum atomic E-state index is 10.3. The molecule has 0 saturated heterocycles. The molecule has 92 valence electrons. The van der Waals surface area contributed by atoms with Crippen molar-refractivity contribution in [1.29, 1.82) is 0 Å². The third-order valence-electron chi connectivity index (χ3n) is 2.94. The number of aromatic nitrogens is 1. The SMILES string of the molecule is Cc1nc(CC(O)c2csc3ccccc23)cs1. The van der Waals surface area contributed by atoms with Crippen molar-refractivity contribution in [2.45, 2.75) is 19.4 Å². The molecule has 2 aromatic heterocycles. The van der Waals surface area contributed by atoms with Crippen LogP contribution in [0.1, 0.15) is 22.4 Å². The zero-order valence-electron chi connectivity index (χ0n) is 9.96. The van der Waals surface area contributed by atoms with E-state index in [0.29, 0.717) is 6.42 Å². The summed E-state index contributed by atoms with van der Waals surface area (Å²) in [6, 6.07) is 8.19. The monoisotopic (exact) mass is 275 g/mol. The summed E-state index contributed by atoms with van der Waals surface area (Å²) in [5.41, 5.74) is 1.99. The van der Waals surface area contributed by atoms with Gasteiger partial charge in [-0.3, -0.25) is 0 Å².